The monoisotopic (exact) mass is 204 g/mol. The zero-order valence-electron chi connectivity index (χ0n) is 8.12. The number of esters is 1. The molecule has 0 rings (SSSR count). The molecule has 0 aliphatic heterocycles. The van der Waals surface area contributed by atoms with Crippen LogP contribution in [0.1, 0.15) is 20.3 Å². The summed E-state index contributed by atoms with van der Waals surface area (Å²) in [5.41, 5.74) is 0.112. The largest absolute Gasteiger partial charge is 0.479 e. The van der Waals surface area contributed by atoms with E-state index >= 15 is 0 Å². The molecular weight excluding hydrogens is 191 g/mol. The van der Waals surface area contributed by atoms with E-state index in [1.807, 2.05) is 0 Å². The molecule has 1 N–H and O–H groups in total. The van der Waals surface area contributed by atoms with Gasteiger partial charge in [-0.3, -0.25) is 0 Å². The predicted octanol–water partition coefficient (Wildman–Crippen LogP) is 1.31. The lowest BCUT2D eigenvalue weighted by atomic mass is 10.2. The van der Waals surface area contributed by atoms with Crippen molar-refractivity contribution in [1.82, 2.24) is 0 Å². The molecule has 0 aromatic rings. The maximum absolute atomic E-state index is 12.9. The number of hydrogen-bond acceptors (Lipinski definition) is 3. The summed E-state index contributed by atoms with van der Waals surface area (Å²) in [6.45, 7) is 6.24. The Labute approximate surface area is 81.4 Å². The van der Waals surface area contributed by atoms with Crippen LogP contribution in [0.25, 0.3) is 0 Å². The molecule has 0 saturated carbocycles. The van der Waals surface area contributed by atoms with Crippen LogP contribution in [0, 0.1) is 0 Å². The zero-order valence-corrected chi connectivity index (χ0v) is 8.12. The molecule has 0 amide bonds. The predicted molar refractivity (Wildman–Crippen MR) is 47.5 cm³/mol. The summed E-state index contributed by atoms with van der Waals surface area (Å²) in [7, 11) is 0. The lowest BCUT2D eigenvalue weighted by molar-refractivity contribution is -0.157. The maximum Gasteiger partial charge on any atom is 0.342 e. The normalized spacial score (nSPS) is 14.2. The Balaban J connectivity index is 4.36. The fourth-order valence-corrected chi connectivity index (χ4v) is 0.747. The Bertz CT molecular complexity index is 249. The van der Waals surface area contributed by atoms with Gasteiger partial charge in [-0.2, -0.15) is 0 Å². The third-order valence-corrected chi connectivity index (χ3v) is 1.57. The second-order valence-corrected chi connectivity index (χ2v) is 2.87. The number of carbonyl (C=O) groups is 2. The van der Waals surface area contributed by atoms with Crippen molar-refractivity contribution in [2.45, 2.75) is 32.5 Å². The van der Waals surface area contributed by atoms with E-state index in [4.69, 9.17) is 5.11 Å². The molecule has 0 heterocycles. The van der Waals surface area contributed by atoms with Crippen molar-refractivity contribution in [2.75, 3.05) is 0 Å². The number of hydrogen-bond donors (Lipinski definition) is 1. The molecular formula is C9H13FO4. The Kier molecular flexibility index (Phi) is 4.83. The highest BCUT2D eigenvalue weighted by Crippen LogP contribution is 2.10. The fourth-order valence-electron chi connectivity index (χ4n) is 0.747. The highest BCUT2D eigenvalue weighted by Gasteiger charge is 2.29. The van der Waals surface area contributed by atoms with Gasteiger partial charge in [-0.25, -0.2) is 14.0 Å². The molecule has 0 bridgehead atoms. The molecule has 0 saturated heterocycles. The molecule has 0 aromatic carbocycles. The number of carbonyl (C=O) groups excluding carboxylic acids is 1. The van der Waals surface area contributed by atoms with E-state index in [0.29, 0.717) is 0 Å². The van der Waals surface area contributed by atoms with Crippen molar-refractivity contribution < 1.29 is 23.8 Å². The quantitative estimate of drug-likeness (QED) is 0.541. The Morgan fingerprint density at radius 2 is 2.07 bits per heavy atom. The number of aliphatic carboxylic acids is 1. The lowest BCUT2D eigenvalue weighted by Gasteiger charge is -2.17. The number of halogens is 1. The second kappa shape index (κ2) is 5.36. The Morgan fingerprint density at radius 3 is 2.36 bits per heavy atom. The number of alkyl halides is 1. The van der Waals surface area contributed by atoms with E-state index in [0.717, 1.165) is 0 Å². The average molecular weight is 204 g/mol. The van der Waals surface area contributed by atoms with Gasteiger partial charge in [-0.15, -0.1) is 0 Å². The van der Waals surface area contributed by atoms with Crippen LogP contribution in [-0.2, 0) is 14.3 Å². The number of ether oxygens (including phenoxy) is 1. The van der Waals surface area contributed by atoms with Crippen LogP contribution in [-0.4, -0.2) is 29.3 Å². The average Bonchev–Trinajstić information content (AvgIpc) is 2.12. The van der Waals surface area contributed by atoms with Gasteiger partial charge in [0.2, 0.25) is 6.17 Å². The molecule has 2 unspecified atom stereocenters. The van der Waals surface area contributed by atoms with Gasteiger partial charge in [0, 0.05) is 5.57 Å². The van der Waals surface area contributed by atoms with Gasteiger partial charge in [0.1, 0.15) is 6.10 Å². The highest BCUT2D eigenvalue weighted by molar-refractivity contribution is 5.87. The van der Waals surface area contributed by atoms with E-state index in [2.05, 4.69) is 11.3 Å². The van der Waals surface area contributed by atoms with Crippen LogP contribution in [0.4, 0.5) is 4.39 Å². The van der Waals surface area contributed by atoms with Crippen molar-refractivity contribution in [1.29, 1.82) is 0 Å². The van der Waals surface area contributed by atoms with Gasteiger partial charge in [0.25, 0.3) is 0 Å². The molecule has 2 atom stereocenters. The molecule has 4 nitrogen and oxygen atoms in total. The smallest absolute Gasteiger partial charge is 0.342 e. The Hall–Kier alpha value is -1.39. The molecule has 5 heteroatoms. The number of carboxylic acids is 1. The van der Waals surface area contributed by atoms with Gasteiger partial charge in [-0.1, -0.05) is 13.5 Å². The van der Waals surface area contributed by atoms with Crippen LogP contribution in [0.2, 0.25) is 0 Å². The first-order valence-corrected chi connectivity index (χ1v) is 4.13. The number of rotatable bonds is 5. The van der Waals surface area contributed by atoms with Crippen molar-refractivity contribution in [3.63, 3.8) is 0 Å². The minimum Gasteiger partial charge on any atom is -0.479 e. The van der Waals surface area contributed by atoms with E-state index in [1.54, 1.807) is 0 Å². The van der Waals surface area contributed by atoms with Crippen molar-refractivity contribution in [2.24, 2.45) is 0 Å². The second-order valence-electron chi connectivity index (χ2n) is 2.87. The minimum absolute atomic E-state index is 0.104. The molecule has 14 heavy (non-hydrogen) atoms. The standard InChI is InChI=1S/C9H13FO4/c1-4-6(7(10)8(11)12)14-9(13)5(2)3/h6-7H,2,4H2,1,3H3,(H,11,12). The van der Waals surface area contributed by atoms with E-state index < -0.39 is 24.2 Å². The van der Waals surface area contributed by atoms with E-state index in [9.17, 15) is 14.0 Å². The SMILES string of the molecule is C=C(C)C(=O)OC(CC)C(F)C(=O)O. The third-order valence-electron chi connectivity index (χ3n) is 1.57. The van der Waals surface area contributed by atoms with Crippen molar-refractivity contribution in [3.8, 4) is 0 Å². The van der Waals surface area contributed by atoms with Crippen LogP contribution in [0.5, 0.6) is 0 Å². The topological polar surface area (TPSA) is 63.6 Å². The third kappa shape index (κ3) is 3.55. The molecule has 0 aliphatic rings. The van der Waals surface area contributed by atoms with Gasteiger partial charge < -0.3 is 9.84 Å². The van der Waals surface area contributed by atoms with Gasteiger partial charge in [0.05, 0.1) is 0 Å². The van der Waals surface area contributed by atoms with E-state index in [-0.39, 0.29) is 12.0 Å². The summed E-state index contributed by atoms with van der Waals surface area (Å²) in [4.78, 5) is 21.2. The summed E-state index contributed by atoms with van der Waals surface area (Å²) in [5, 5.41) is 8.35. The molecule has 80 valence electrons. The first-order valence-electron chi connectivity index (χ1n) is 4.13. The molecule has 0 aromatic heterocycles. The fraction of sp³-hybridized carbons (Fsp3) is 0.556. The minimum atomic E-state index is -2.19. The molecule has 0 aliphatic carbocycles. The summed E-state index contributed by atoms with van der Waals surface area (Å²) < 4.78 is 17.5. The van der Waals surface area contributed by atoms with Crippen LogP contribution < -0.4 is 0 Å². The van der Waals surface area contributed by atoms with Crippen molar-refractivity contribution >= 4 is 11.9 Å². The molecule has 0 radical (unpaired) electrons. The zero-order chi connectivity index (χ0) is 11.3. The Morgan fingerprint density at radius 1 is 1.57 bits per heavy atom. The van der Waals surface area contributed by atoms with Crippen molar-refractivity contribution in [3.05, 3.63) is 12.2 Å². The lowest BCUT2D eigenvalue weighted by Crippen LogP contribution is -2.33. The van der Waals surface area contributed by atoms with Crippen LogP contribution >= 0.6 is 0 Å². The summed E-state index contributed by atoms with van der Waals surface area (Å²) in [5.74, 6) is -2.41. The van der Waals surface area contributed by atoms with Gasteiger partial charge in [-0.05, 0) is 13.3 Å². The van der Waals surface area contributed by atoms with Gasteiger partial charge in [0.15, 0.2) is 0 Å². The summed E-state index contributed by atoms with van der Waals surface area (Å²) in [6.07, 6.45) is -3.34. The summed E-state index contributed by atoms with van der Waals surface area (Å²) in [6, 6.07) is 0. The van der Waals surface area contributed by atoms with E-state index in [1.165, 1.54) is 13.8 Å². The molecule has 0 fully saturated rings. The maximum atomic E-state index is 12.9. The van der Waals surface area contributed by atoms with Crippen LogP contribution in [0.3, 0.4) is 0 Å². The molecule has 0 spiro atoms. The number of carboxylic acid groups (broad SMARTS) is 1. The summed E-state index contributed by atoms with van der Waals surface area (Å²) >= 11 is 0. The highest BCUT2D eigenvalue weighted by atomic mass is 19.1. The first kappa shape index (κ1) is 12.6. The van der Waals surface area contributed by atoms with Gasteiger partial charge >= 0.3 is 11.9 Å². The first-order chi connectivity index (χ1) is 6.40. The van der Waals surface area contributed by atoms with Crippen LogP contribution in [0.15, 0.2) is 12.2 Å².